The van der Waals surface area contributed by atoms with Crippen LogP contribution in [0, 0.1) is 5.82 Å². The zero-order valence-electron chi connectivity index (χ0n) is 8.93. The molecule has 3 heteroatoms. The number of hydrogen-bond acceptors (Lipinski definition) is 1. The molecule has 0 aromatic heterocycles. The Hall–Kier alpha value is -0.670. The number of benzene rings is 1. The SMILES string of the molecule is CC(C)NCC=Cc1ccc(F)c(Br)c1. The standard InChI is InChI=1S/C12H15BrFN/c1-9(2)15-7-3-4-10-5-6-12(14)11(13)8-10/h3-6,8-9,15H,7H2,1-2H3. The molecule has 0 aliphatic carbocycles. The summed E-state index contributed by atoms with van der Waals surface area (Å²) < 4.78 is 13.4. The first-order valence-electron chi connectivity index (χ1n) is 4.94. The van der Waals surface area contributed by atoms with Gasteiger partial charge in [-0.1, -0.05) is 32.1 Å². The third-order valence-electron chi connectivity index (χ3n) is 1.90. The van der Waals surface area contributed by atoms with Crippen molar-refractivity contribution in [3.63, 3.8) is 0 Å². The van der Waals surface area contributed by atoms with Crippen LogP contribution in [0.3, 0.4) is 0 Å². The van der Waals surface area contributed by atoms with E-state index in [4.69, 9.17) is 0 Å². The van der Waals surface area contributed by atoms with Gasteiger partial charge in [-0.3, -0.25) is 0 Å². The molecule has 0 atom stereocenters. The summed E-state index contributed by atoms with van der Waals surface area (Å²) in [6.45, 7) is 5.03. The summed E-state index contributed by atoms with van der Waals surface area (Å²) >= 11 is 3.15. The van der Waals surface area contributed by atoms with E-state index in [1.807, 2.05) is 12.2 Å². The number of rotatable bonds is 4. The van der Waals surface area contributed by atoms with E-state index in [2.05, 4.69) is 35.1 Å². The van der Waals surface area contributed by atoms with Gasteiger partial charge in [0.25, 0.3) is 0 Å². The van der Waals surface area contributed by atoms with Crippen molar-refractivity contribution in [1.82, 2.24) is 5.32 Å². The lowest BCUT2D eigenvalue weighted by atomic mass is 10.2. The summed E-state index contributed by atoms with van der Waals surface area (Å²) in [4.78, 5) is 0. The second-order valence-corrected chi connectivity index (χ2v) is 4.49. The molecule has 0 heterocycles. The van der Waals surface area contributed by atoms with E-state index in [1.165, 1.54) is 6.07 Å². The third-order valence-corrected chi connectivity index (χ3v) is 2.51. The lowest BCUT2D eigenvalue weighted by Gasteiger charge is -2.03. The van der Waals surface area contributed by atoms with Gasteiger partial charge >= 0.3 is 0 Å². The maximum atomic E-state index is 12.9. The fourth-order valence-electron chi connectivity index (χ4n) is 1.11. The van der Waals surface area contributed by atoms with Gasteiger partial charge in [0.15, 0.2) is 0 Å². The fourth-order valence-corrected chi connectivity index (χ4v) is 1.51. The van der Waals surface area contributed by atoms with Gasteiger partial charge in [0.2, 0.25) is 0 Å². The third kappa shape index (κ3) is 4.58. The van der Waals surface area contributed by atoms with Crippen LogP contribution in [0.2, 0.25) is 0 Å². The molecule has 0 aliphatic rings. The van der Waals surface area contributed by atoms with Crippen molar-refractivity contribution in [3.8, 4) is 0 Å². The van der Waals surface area contributed by atoms with E-state index in [9.17, 15) is 4.39 Å². The van der Waals surface area contributed by atoms with Crippen molar-refractivity contribution in [2.45, 2.75) is 19.9 Å². The minimum absolute atomic E-state index is 0.229. The van der Waals surface area contributed by atoms with Gasteiger partial charge in [0.1, 0.15) is 5.82 Å². The summed E-state index contributed by atoms with van der Waals surface area (Å²) in [6, 6.07) is 5.46. The first-order chi connectivity index (χ1) is 7.09. The molecule has 0 radical (unpaired) electrons. The van der Waals surface area contributed by atoms with Crippen LogP contribution in [0.5, 0.6) is 0 Å². The minimum atomic E-state index is -0.229. The second-order valence-electron chi connectivity index (χ2n) is 3.64. The van der Waals surface area contributed by atoms with E-state index in [-0.39, 0.29) is 5.82 Å². The quantitative estimate of drug-likeness (QED) is 0.883. The van der Waals surface area contributed by atoms with E-state index < -0.39 is 0 Å². The van der Waals surface area contributed by atoms with Gasteiger partial charge in [-0.05, 0) is 33.6 Å². The van der Waals surface area contributed by atoms with Crippen LogP contribution in [0.15, 0.2) is 28.7 Å². The normalized spacial score (nSPS) is 11.5. The van der Waals surface area contributed by atoms with Crippen LogP contribution < -0.4 is 5.32 Å². The molecule has 0 fully saturated rings. The van der Waals surface area contributed by atoms with E-state index in [0.717, 1.165) is 12.1 Å². The van der Waals surface area contributed by atoms with Crippen molar-refractivity contribution in [3.05, 3.63) is 40.1 Å². The summed E-state index contributed by atoms with van der Waals surface area (Å²) in [6.07, 6.45) is 4.00. The van der Waals surface area contributed by atoms with Gasteiger partial charge in [-0.15, -0.1) is 0 Å². The monoisotopic (exact) mass is 271 g/mol. The average Bonchev–Trinajstić information content (AvgIpc) is 2.18. The number of hydrogen-bond donors (Lipinski definition) is 1. The highest BCUT2D eigenvalue weighted by atomic mass is 79.9. The molecular weight excluding hydrogens is 257 g/mol. The van der Waals surface area contributed by atoms with Crippen molar-refractivity contribution in [2.75, 3.05) is 6.54 Å². The molecule has 0 saturated carbocycles. The zero-order chi connectivity index (χ0) is 11.3. The summed E-state index contributed by atoms with van der Waals surface area (Å²) in [5.41, 5.74) is 0.994. The maximum Gasteiger partial charge on any atom is 0.137 e. The Morgan fingerprint density at radius 3 is 2.80 bits per heavy atom. The molecule has 82 valence electrons. The molecule has 1 nitrogen and oxygen atoms in total. The number of nitrogens with one attached hydrogen (secondary N) is 1. The highest BCUT2D eigenvalue weighted by molar-refractivity contribution is 9.10. The lowest BCUT2D eigenvalue weighted by Crippen LogP contribution is -2.22. The Balaban J connectivity index is 2.53. The molecule has 1 rings (SSSR count). The predicted molar refractivity (Wildman–Crippen MR) is 66.3 cm³/mol. The zero-order valence-corrected chi connectivity index (χ0v) is 10.5. The van der Waals surface area contributed by atoms with Crippen LogP contribution in [-0.2, 0) is 0 Å². The highest BCUT2D eigenvalue weighted by Crippen LogP contribution is 2.17. The molecule has 0 bridgehead atoms. The second kappa shape index (κ2) is 6.03. The molecule has 0 amide bonds. The summed E-state index contributed by atoms with van der Waals surface area (Å²) in [5.74, 6) is -0.229. The first-order valence-corrected chi connectivity index (χ1v) is 5.74. The van der Waals surface area contributed by atoms with Gasteiger partial charge < -0.3 is 5.32 Å². The van der Waals surface area contributed by atoms with Crippen LogP contribution >= 0.6 is 15.9 Å². The average molecular weight is 272 g/mol. The Labute approximate surface area is 98.5 Å². The van der Waals surface area contributed by atoms with Crippen LogP contribution in [-0.4, -0.2) is 12.6 Å². The fraction of sp³-hybridized carbons (Fsp3) is 0.333. The van der Waals surface area contributed by atoms with Gasteiger partial charge in [0, 0.05) is 12.6 Å². The number of halogens is 2. The molecule has 0 aliphatic heterocycles. The topological polar surface area (TPSA) is 12.0 Å². The molecule has 0 spiro atoms. The van der Waals surface area contributed by atoms with Gasteiger partial charge in [-0.2, -0.15) is 0 Å². The molecule has 0 saturated heterocycles. The first kappa shape index (κ1) is 12.4. The minimum Gasteiger partial charge on any atom is -0.311 e. The Kier molecular flexibility index (Phi) is 4.99. The summed E-state index contributed by atoms with van der Waals surface area (Å²) in [7, 11) is 0. The Morgan fingerprint density at radius 2 is 2.20 bits per heavy atom. The maximum absolute atomic E-state index is 12.9. The Morgan fingerprint density at radius 1 is 1.47 bits per heavy atom. The van der Waals surface area contributed by atoms with Crippen molar-refractivity contribution < 1.29 is 4.39 Å². The molecule has 0 unspecified atom stereocenters. The van der Waals surface area contributed by atoms with E-state index in [1.54, 1.807) is 12.1 Å². The predicted octanol–water partition coefficient (Wildman–Crippen LogP) is 3.60. The summed E-state index contributed by atoms with van der Waals surface area (Å²) in [5, 5.41) is 3.27. The molecule has 1 N–H and O–H groups in total. The van der Waals surface area contributed by atoms with Crippen molar-refractivity contribution in [2.24, 2.45) is 0 Å². The van der Waals surface area contributed by atoms with Crippen molar-refractivity contribution >= 4 is 22.0 Å². The highest BCUT2D eigenvalue weighted by Gasteiger charge is 1.97. The van der Waals surface area contributed by atoms with E-state index >= 15 is 0 Å². The van der Waals surface area contributed by atoms with Crippen LogP contribution in [0.4, 0.5) is 4.39 Å². The van der Waals surface area contributed by atoms with Gasteiger partial charge in [0.05, 0.1) is 4.47 Å². The molecular formula is C12H15BrFN. The molecule has 1 aromatic rings. The Bertz CT molecular complexity index is 347. The van der Waals surface area contributed by atoms with Crippen LogP contribution in [0.1, 0.15) is 19.4 Å². The van der Waals surface area contributed by atoms with Gasteiger partial charge in [-0.25, -0.2) is 4.39 Å². The molecule has 15 heavy (non-hydrogen) atoms. The molecule has 1 aromatic carbocycles. The smallest absolute Gasteiger partial charge is 0.137 e. The van der Waals surface area contributed by atoms with E-state index in [0.29, 0.717) is 10.5 Å². The largest absolute Gasteiger partial charge is 0.311 e. The van der Waals surface area contributed by atoms with Crippen molar-refractivity contribution in [1.29, 1.82) is 0 Å². The lowest BCUT2D eigenvalue weighted by molar-refractivity contribution is 0.621. The van der Waals surface area contributed by atoms with Crippen LogP contribution in [0.25, 0.3) is 6.08 Å².